The fourth-order valence-corrected chi connectivity index (χ4v) is 6.00. The molecule has 1 amide bonds. The van der Waals surface area contributed by atoms with Gasteiger partial charge in [-0.25, -0.2) is 0 Å². The predicted octanol–water partition coefficient (Wildman–Crippen LogP) is 4.36. The highest BCUT2D eigenvalue weighted by Gasteiger charge is 2.57. The fourth-order valence-electron chi connectivity index (χ4n) is 5.17. The zero-order valence-electron chi connectivity index (χ0n) is 19.8. The Balaban J connectivity index is 1.09. The minimum atomic E-state index is -4.29. The van der Waals surface area contributed by atoms with Gasteiger partial charge in [-0.15, -0.1) is 10.2 Å². The molecule has 2 aromatic heterocycles. The van der Waals surface area contributed by atoms with Crippen LogP contribution in [0.25, 0.3) is 11.4 Å². The molecule has 0 radical (unpaired) electrons. The molecule has 2 fully saturated rings. The lowest BCUT2D eigenvalue weighted by Crippen LogP contribution is -2.23. The average Bonchev–Trinajstić information content (AvgIpc) is 3.20. The molecule has 0 bridgehead atoms. The molecule has 190 valence electrons. The van der Waals surface area contributed by atoms with E-state index in [1.165, 1.54) is 12.1 Å². The van der Waals surface area contributed by atoms with Gasteiger partial charge in [-0.2, -0.15) is 13.2 Å². The summed E-state index contributed by atoms with van der Waals surface area (Å²) in [6.45, 7) is 3.02. The second kappa shape index (κ2) is 9.51. The second-order valence-electron chi connectivity index (χ2n) is 9.63. The summed E-state index contributed by atoms with van der Waals surface area (Å²) >= 11 is 1.65. The number of rotatable bonds is 8. The van der Waals surface area contributed by atoms with E-state index < -0.39 is 17.6 Å². The van der Waals surface area contributed by atoms with Crippen LogP contribution in [-0.2, 0) is 13.2 Å². The van der Waals surface area contributed by atoms with Gasteiger partial charge >= 0.3 is 6.18 Å². The number of primary amides is 1. The van der Waals surface area contributed by atoms with Crippen LogP contribution in [0.3, 0.4) is 0 Å². The van der Waals surface area contributed by atoms with Gasteiger partial charge in [-0.3, -0.25) is 9.78 Å². The maximum absolute atomic E-state index is 12.8. The first-order valence-electron chi connectivity index (χ1n) is 11.8. The molecule has 2 aliphatic rings. The summed E-state index contributed by atoms with van der Waals surface area (Å²) in [7, 11) is 1.90. The summed E-state index contributed by atoms with van der Waals surface area (Å²) in [4.78, 5) is 17.7. The molecule has 11 heteroatoms. The Bertz CT molecular complexity index is 1240. The number of benzene rings is 1. The van der Waals surface area contributed by atoms with Gasteiger partial charge in [-0.1, -0.05) is 23.9 Å². The van der Waals surface area contributed by atoms with Crippen molar-refractivity contribution in [3.8, 4) is 11.4 Å². The van der Waals surface area contributed by atoms with Crippen molar-refractivity contribution in [2.24, 2.45) is 18.2 Å². The van der Waals surface area contributed by atoms with Gasteiger partial charge < -0.3 is 15.2 Å². The van der Waals surface area contributed by atoms with Crippen molar-refractivity contribution in [2.75, 3.05) is 25.4 Å². The van der Waals surface area contributed by atoms with Gasteiger partial charge in [-0.05, 0) is 73.5 Å². The highest BCUT2D eigenvalue weighted by molar-refractivity contribution is 7.99. The Labute approximate surface area is 211 Å². The maximum atomic E-state index is 12.8. The Hall–Kier alpha value is -2.92. The average molecular weight is 517 g/mol. The SMILES string of the molecule is Cn1c(SCCCN2CCC3(C[C@H]3c3ccc(C(F)(F)F)cc3)C2)nnc1-c1ccc(C(N)=O)nc1. The topological polar surface area (TPSA) is 89.9 Å². The molecule has 1 spiro atoms. The number of pyridine rings is 1. The number of halogens is 3. The molecule has 5 rings (SSSR count). The molecule has 1 aliphatic heterocycles. The molecule has 1 aromatic carbocycles. The van der Waals surface area contributed by atoms with Gasteiger partial charge in [0.25, 0.3) is 5.91 Å². The van der Waals surface area contributed by atoms with E-state index in [2.05, 4.69) is 20.1 Å². The number of thioether (sulfide) groups is 1. The van der Waals surface area contributed by atoms with Crippen LogP contribution in [0.4, 0.5) is 13.2 Å². The van der Waals surface area contributed by atoms with Crippen LogP contribution in [0.5, 0.6) is 0 Å². The van der Waals surface area contributed by atoms with Gasteiger partial charge in [0.15, 0.2) is 11.0 Å². The monoisotopic (exact) mass is 516 g/mol. The smallest absolute Gasteiger partial charge is 0.364 e. The van der Waals surface area contributed by atoms with Crippen LogP contribution in [-0.4, -0.2) is 55.9 Å². The first kappa shape index (κ1) is 24.8. The van der Waals surface area contributed by atoms with Crippen LogP contribution in [0.2, 0.25) is 0 Å². The molecular formula is C25H27F3N6OS. The molecule has 2 atom stereocenters. The molecule has 1 unspecified atom stereocenters. The number of alkyl halides is 3. The van der Waals surface area contributed by atoms with E-state index in [1.807, 2.05) is 11.6 Å². The van der Waals surface area contributed by atoms with Crippen LogP contribution < -0.4 is 5.73 Å². The number of nitrogens with zero attached hydrogens (tertiary/aromatic N) is 5. The molecule has 1 saturated carbocycles. The Kier molecular flexibility index (Phi) is 6.54. The molecular weight excluding hydrogens is 489 g/mol. The van der Waals surface area contributed by atoms with Crippen molar-refractivity contribution in [1.29, 1.82) is 0 Å². The normalized spacial score (nSPS) is 21.8. The zero-order chi connectivity index (χ0) is 25.5. The minimum Gasteiger partial charge on any atom is -0.364 e. The lowest BCUT2D eigenvalue weighted by Gasteiger charge is -2.16. The summed E-state index contributed by atoms with van der Waals surface area (Å²) in [5.41, 5.74) is 6.88. The quantitative estimate of drug-likeness (QED) is 0.354. The summed E-state index contributed by atoms with van der Waals surface area (Å²) in [5, 5.41) is 9.36. The van der Waals surface area contributed by atoms with Crippen LogP contribution in [0.15, 0.2) is 47.8 Å². The number of amides is 1. The number of carbonyl (C=O) groups is 1. The number of aromatic nitrogens is 4. The van der Waals surface area contributed by atoms with E-state index in [0.29, 0.717) is 11.7 Å². The third-order valence-corrected chi connectivity index (χ3v) is 8.36. The van der Waals surface area contributed by atoms with Crippen molar-refractivity contribution < 1.29 is 18.0 Å². The highest BCUT2D eigenvalue weighted by Crippen LogP contribution is 2.64. The van der Waals surface area contributed by atoms with E-state index in [0.717, 1.165) is 60.9 Å². The number of hydrogen-bond acceptors (Lipinski definition) is 6. The first-order valence-corrected chi connectivity index (χ1v) is 12.8. The Morgan fingerprint density at radius 1 is 1.19 bits per heavy atom. The zero-order valence-corrected chi connectivity index (χ0v) is 20.6. The van der Waals surface area contributed by atoms with Crippen molar-refractivity contribution in [3.05, 3.63) is 59.4 Å². The van der Waals surface area contributed by atoms with Crippen molar-refractivity contribution in [3.63, 3.8) is 0 Å². The van der Waals surface area contributed by atoms with Gasteiger partial charge in [0.05, 0.1) is 5.56 Å². The summed E-state index contributed by atoms with van der Waals surface area (Å²) in [5.74, 6) is 1.36. The van der Waals surface area contributed by atoms with Crippen molar-refractivity contribution in [2.45, 2.75) is 36.5 Å². The van der Waals surface area contributed by atoms with Crippen LogP contribution >= 0.6 is 11.8 Å². The summed E-state index contributed by atoms with van der Waals surface area (Å²) in [6.07, 6.45) is 0.436. The van der Waals surface area contributed by atoms with E-state index >= 15 is 0 Å². The Morgan fingerprint density at radius 2 is 1.97 bits per heavy atom. The first-order chi connectivity index (χ1) is 17.2. The highest BCUT2D eigenvalue weighted by atomic mass is 32.2. The van der Waals surface area contributed by atoms with E-state index in [-0.39, 0.29) is 11.1 Å². The van der Waals surface area contributed by atoms with Crippen LogP contribution in [0, 0.1) is 5.41 Å². The third-order valence-electron chi connectivity index (χ3n) is 7.25. The second-order valence-corrected chi connectivity index (χ2v) is 10.7. The lowest BCUT2D eigenvalue weighted by molar-refractivity contribution is -0.137. The molecule has 3 aromatic rings. The largest absolute Gasteiger partial charge is 0.416 e. The predicted molar refractivity (Wildman–Crippen MR) is 130 cm³/mol. The molecule has 1 aliphatic carbocycles. The van der Waals surface area contributed by atoms with Crippen LogP contribution in [0.1, 0.15) is 46.8 Å². The summed E-state index contributed by atoms with van der Waals surface area (Å²) in [6, 6.07) is 9.04. The number of carbonyl (C=O) groups excluding carboxylic acids is 1. The van der Waals surface area contributed by atoms with Gasteiger partial charge in [0.1, 0.15) is 5.69 Å². The molecule has 1 saturated heterocycles. The van der Waals surface area contributed by atoms with Crippen molar-refractivity contribution in [1.82, 2.24) is 24.6 Å². The molecule has 7 nitrogen and oxygen atoms in total. The minimum absolute atomic E-state index is 0.205. The van der Waals surface area contributed by atoms with E-state index in [9.17, 15) is 18.0 Å². The van der Waals surface area contributed by atoms with Gasteiger partial charge in [0.2, 0.25) is 0 Å². The third kappa shape index (κ3) is 4.99. The Morgan fingerprint density at radius 3 is 2.64 bits per heavy atom. The lowest BCUT2D eigenvalue weighted by atomic mass is 9.97. The molecule has 3 heterocycles. The number of nitrogens with two attached hydrogens (primary N) is 1. The standard InChI is InChI=1S/C25H27F3N6OS/c1-33-22(17-5-8-20(21(29)35)30-14-17)31-32-23(33)36-12-2-10-34-11-9-24(15-34)13-19(24)16-3-6-18(7-4-16)25(26,27)28/h3-8,14,19H,2,9-13,15H2,1H3,(H2,29,35)/t19-,24?/m0/s1. The van der Waals surface area contributed by atoms with Gasteiger partial charge in [0, 0.05) is 31.1 Å². The summed E-state index contributed by atoms with van der Waals surface area (Å²) < 4.78 is 40.4. The molecule has 36 heavy (non-hydrogen) atoms. The maximum Gasteiger partial charge on any atom is 0.416 e. The van der Waals surface area contributed by atoms with E-state index in [4.69, 9.17) is 5.73 Å². The number of hydrogen-bond donors (Lipinski definition) is 1. The van der Waals surface area contributed by atoms with E-state index in [1.54, 1.807) is 42.2 Å². The molecule has 2 N–H and O–H groups in total. The number of likely N-dealkylation sites (tertiary alicyclic amines) is 1. The van der Waals surface area contributed by atoms with Crippen molar-refractivity contribution >= 4 is 17.7 Å². The fraction of sp³-hybridized carbons (Fsp3) is 0.440.